The van der Waals surface area contributed by atoms with E-state index in [-0.39, 0.29) is 29.5 Å². The second kappa shape index (κ2) is 7.62. The molecule has 2 atom stereocenters. The highest BCUT2D eigenvalue weighted by molar-refractivity contribution is 5.80. The topological polar surface area (TPSA) is 47.6 Å². The lowest BCUT2D eigenvalue weighted by atomic mass is 9.93. The SMILES string of the molecule is O=C(C1CNNC1c1ccc(F)cc1)N1CCN(c2ccccc2F)CC1. The molecule has 142 valence electrons. The van der Waals surface area contributed by atoms with Gasteiger partial charge in [-0.2, -0.15) is 0 Å². The molecule has 2 heterocycles. The predicted molar refractivity (Wildman–Crippen MR) is 99.0 cm³/mol. The average Bonchev–Trinajstić information content (AvgIpc) is 3.18. The standard InChI is InChI=1S/C20H22F2N4O/c21-15-7-5-14(6-8-15)19-16(13-23-24-19)20(27)26-11-9-25(10-12-26)18-4-2-1-3-17(18)22/h1-8,16,19,23-24H,9-13H2. The molecule has 0 saturated carbocycles. The quantitative estimate of drug-likeness (QED) is 0.866. The van der Waals surface area contributed by atoms with Crippen molar-refractivity contribution in [1.29, 1.82) is 0 Å². The first-order valence-electron chi connectivity index (χ1n) is 9.15. The molecule has 2 aliphatic heterocycles. The largest absolute Gasteiger partial charge is 0.366 e. The Balaban J connectivity index is 1.41. The highest BCUT2D eigenvalue weighted by Gasteiger charge is 2.37. The maximum Gasteiger partial charge on any atom is 0.229 e. The van der Waals surface area contributed by atoms with E-state index in [2.05, 4.69) is 10.9 Å². The van der Waals surface area contributed by atoms with E-state index >= 15 is 0 Å². The van der Waals surface area contributed by atoms with Crippen LogP contribution >= 0.6 is 0 Å². The van der Waals surface area contributed by atoms with Crippen molar-refractivity contribution < 1.29 is 13.6 Å². The lowest BCUT2D eigenvalue weighted by Gasteiger charge is -2.37. The van der Waals surface area contributed by atoms with Crippen LogP contribution in [0.5, 0.6) is 0 Å². The molecule has 1 amide bonds. The normalized spacial score (nSPS) is 22.9. The van der Waals surface area contributed by atoms with Crippen molar-refractivity contribution in [3.63, 3.8) is 0 Å². The van der Waals surface area contributed by atoms with Crippen molar-refractivity contribution in [2.24, 2.45) is 5.92 Å². The number of carbonyl (C=O) groups is 1. The summed E-state index contributed by atoms with van der Waals surface area (Å²) in [7, 11) is 0. The number of hydrogen-bond donors (Lipinski definition) is 2. The fourth-order valence-electron chi connectivity index (χ4n) is 3.82. The lowest BCUT2D eigenvalue weighted by Crippen LogP contribution is -2.51. The van der Waals surface area contributed by atoms with Gasteiger partial charge in [0.2, 0.25) is 5.91 Å². The van der Waals surface area contributed by atoms with Gasteiger partial charge in [-0.15, -0.1) is 0 Å². The van der Waals surface area contributed by atoms with E-state index in [4.69, 9.17) is 0 Å². The first-order chi connectivity index (χ1) is 13.1. The van der Waals surface area contributed by atoms with Crippen LogP contribution in [0.2, 0.25) is 0 Å². The number of benzene rings is 2. The second-order valence-electron chi connectivity index (χ2n) is 6.92. The van der Waals surface area contributed by atoms with Crippen LogP contribution in [0.3, 0.4) is 0 Å². The number of rotatable bonds is 3. The van der Waals surface area contributed by atoms with Gasteiger partial charge in [-0.3, -0.25) is 10.2 Å². The molecular formula is C20H22F2N4O. The van der Waals surface area contributed by atoms with Crippen LogP contribution < -0.4 is 15.8 Å². The van der Waals surface area contributed by atoms with E-state index in [1.54, 1.807) is 24.3 Å². The lowest BCUT2D eigenvalue weighted by molar-refractivity contribution is -0.135. The number of carbonyl (C=O) groups excluding carboxylic acids is 1. The molecule has 4 rings (SSSR count). The predicted octanol–water partition coefficient (Wildman–Crippen LogP) is 2.08. The van der Waals surface area contributed by atoms with Gasteiger partial charge in [0.1, 0.15) is 11.6 Å². The number of piperazine rings is 1. The first kappa shape index (κ1) is 17.9. The molecule has 2 fully saturated rings. The van der Waals surface area contributed by atoms with Gasteiger partial charge < -0.3 is 9.80 Å². The van der Waals surface area contributed by atoms with Gasteiger partial charge in [-0.1, -0.05) is 24.3 Å². The summed E-state index contributed by atoms with van der Waals surface area (Å²) in [6.07, 6.45) is 0. The van der Waals surface area contributed by atoms with Crippen molar-refractivity contribution in [3.05, 3.63) is 65.7 Å². The Bertz CT molecular complexity index is 806. The Morgan fingerprint density at radius 3 is 2.37 bits per heavy atom. The maximum absolute atomic E-state index is 14.0. The summed E-state index contributed by atoms with van der Waals surface area (Å²) in [5.41, 5.74) is 7.63. The van der Waals surface area contributed by atoms with Crippen LogP contribution in [-0.4, -0.2) is 43.5 Å². The van der Waals surface area contributed by atoms with Gasteiger partial charge in [0, 0.05) is 32.7 Å². The molecule has 2 aromatic carbocycles. The van der Waals surface area contributed by atoms with Crippen LogP contribution in [0.1, 0.15) is 11.6 Å². The average molecular weight is 372 g/mol. The molecule has 0 radical (unpaired) electrons. The molecule has 0 spiro atoms. The van der Waals surface area contributed by atoms with Crippen molar-refractivity contribution in [1.82, 2.24) is 15.8 Å². The molecular weight excluding hydrogens is 350 g/mol. The maximum atomic E-state index is 14.0. The van der Waals surface area contributed by atoms with Crippen LogP contribution in [0.25, 0.3) is 0 Å². The minimum atomic E-state index is -0.295. The molecule has 0 aromatic heterocycles. The van der Waals surface area contributed by atoms with Gasteiger partial charge >= 0.3 is 0 Å². The molecule has 7 heteroatoms. The van der Waals surface area contributed by atoms with Gasteiger partial charge in [0.25, 0.3) is 0 Å². The summed E-state index contributed by atoms with van der Waals surface area (Å²) >= 11 is 0. The van der Waals surface area contributed by atoms with Gasteiger partial charge in [-0.25, -0.2) is 14.2 Å². The monoisotopic (exact) mass is 372 g/mol. The third-order valence-corrected chi connectivity index (χ3v) is 5.31. The first-order valence-corrected chi connectivity index (χ1v) is 9.15. The minimum Gasteiger partial charge on any atom is -0.366 e. The molecule has 2 N–H and O–H groups in total. The van der Waals surface area contributed by atoms with Crippen molar-refractivity contribution in [3.8, 4) is 0 Å². The van der Waals surface area contributed by atoms with E-state index in [0.717, 1.165) is 5.56 Å². The van der Waals surface area contributed by atoms with Crippen molar-refractivity contribution in [2.75, 3.05) is 37.6 Å². The summed E-state index contributed by atoms with van der Waals surface area (Å²) in [4.78, 5) is 16.9. The third kappa shape index (κ3) is 3.65. The van der Waals surface area contributed by atoms with E-state index in [1.165, 1.54) is 18.2 Å². The second-order valence-corrected chi connectivity index (χ2v) is 6.92. The molecule has 0 bridgehead atoms. The van der Waals surface area contributed by atoms with E-state index in [9.17, 15) is 13.6 Å². The summed E-state index contributed by atoms with van der Waals surface area (Å²) in [5, 5.41) is 0. The number of nitrogens with one attached hydrogen (secondary N) is 2. The highest BCUT2D eigenvalue weighted by atomic mass is 19.1. The summed E-state index contributed by atoms with van der Waals surface area (Å²) in [6, 6.07) is 12.7. The van der Waals surface area contributed by atoms with Gasteiger partial charge in [0.05, 0.1) is 17.6 Å². The Hall–Kier alpha value is -2.51. The van der Waals surface area contributed by atoms with Crippen LogP contribution in [0.15, 0.2) is 48.5 Å². The minimum absolute atomic E-state index is 0.0648. The molecule has 2 unspecified atom stereocenters. The number of para-hydroxylation sites is 1. The zero-order valence-corrected chi connectivity index (χ0v) is 14.9. The molecule has 0 aliphatic carbocycles. The van der Waals surface area contributed by atoms with Crippen molar-refractivity contribution in [2.45, 2.75) is 6.04 Å². The number of nitrogens with zero attached hydrogens (tertiary/aromatic N) is 2. The number of hydrazine groups is 1. The summed E-state index contributed by atoms with van der Waals surface area (Å²) in [6.45, 7) is 2.83. The number of halogens is 2. The van der Waals surface area contributed by atoms with Crippen LogP contribution in [-0.2, 0) is 4.79 Å². The molecule has 2 saturated heterocycles. The Morgan fingerprint density at radius 2 is 1.67 bits per heavy atom. The summed E-state index contributed by atoms with van der Waals surface area (Å²) in [5.74, 6) is -0.722. The fourth-order valence-corrected chi connectivity index (χ4v) is 3.82. The van der Waals surface area contributed by atoms with Gasteiger partial charge in [0.15, 0.2) is 0 Å². The Labute approximate surface area is 156 Å². The number of hydrogen-bond acceptors (Lipinski definition) is 4. The molecule has 2 aliphatic rings. The van der Waals surface area contributed by atoms with Gasteiger partial charge in [-0.05, 0) is 29.8 Å². The Kier molecular flexibility index (Phi) is 5.05. The zero-order chi connectivity index (χ0) is 18.8. The Morgan fingerprint density at radius 1 is 0.963 bits per heavy atom. The molecule has 2 aromatic rings. The van der Waals surface area contributed by atoms with Crippen LogP contribution in [0.4, 0.5) is 14.5 Å². The fraction of sp³-hybridized carbons (Fsp3) is 0.350. The zero-order valence-electron chi connectivity index (χ0n) is 14.9. The third-order valence-electron chi connectivity index (χ3n) is 5.31. The summed E-state index contributed by atoms with van der Waals surface area (Å²) < 4.78 is 27.2. The number of amides is 1. The molecule has 5 nitrogen and oxygen atoms in total. The smallest absolute Gasteiger partial charge is 0.229 e. The van der Waals surface area contributed by atoms with E-state index in [0.29, 0.717) is 38.4 Å². The highest BCUT2D eigenvalue weighted by Crippen LogP contribution is 2.28. The van der Waals surface area contributed by atoms with E-state index < -0.39 is 0 Å². The van der Waals surface area contributed by atoms with E-state index in [1.807, 2.05) is 15.9 Å². The number of anilines is 1. The van der Waals surface area contributed by atoms with Crippen molar-refractivity contribution >= 4 is 11.6 Å². The van der Waals surface area contributed by atoms with Crippen LogP contribution in [0, 0.1) is 17.6 Å². The molecule has 27 heavy (non-hydrogen) atoms.